The van der Waals surface area contributed by atoms with Gasteiger partial charge in [0.25, 0.3) is 11.8 Å². The lowest BCUT2D eigenvalue weighted by Crippen LogP contribution is -2.43. The first kappa shape index (κ1) is 20.9. The van der Waals surface area contributed by atoms with Crippen molar-refractivity contribution in [2.45, 2.75) is 26.3 Å². The predicted octanol–water partition coefficient (Wildman–Crippen LogP) is 0.151. The summed E-state index contributed by atoms with van der Waals surface area (Å²) in [6.07, 6.45) is 0. The minimum atomic E-state index is -1.30. The quantitative estimate of drug-likeness (QED) is 0.468. The number of hydrogen-bond acceptors (Lipinski definition) is 6. The van der Waals surface area contributed by atoms with Crippen LogP contribution in [0.2, 0.25) is 0 Å². The molecular weight excluding hydrogens is 368 g/mol. The zero-order valence-corrected chi connectivity index (χ0v) is 15.8. The molecule has 0 bridgehead atoms. The van der Waals surface area contributed by atoms with Crippen molar-refractivity contribution in [1.29, 1.82) is 0 Å². The van der Waals surface area contributed by atoms with Gasteiger partial charge in [0.05, 0.1) is 0 Å². The zero-order chi connectivity index (χ0) is 20.9. The fourth-order valence-electron chi connectivity index (χ4n) is 2.61. The number of ether oxygens (including phenoxy) is 1. The molecule has 10 heteroatoms. The third-order valence-corrected chi connectivity index (χ3v) is 4.15. The van der Waals surface area contributed by atoms with Gasteiger partial charge in [-0.05, 0) is 26.3 Å². The molecule has 3 N–H and O–H groups in total. The van der Waals surface area contributed by atoms with Crippen LogP contribution in [0.15, 0.2) is 24.3 Å². The van der Waals surface area contributed by atoms with Crippen LogP contribution in [0.3, 0.4) is 0 Å². The first-order chi connectivity index (χ1) is 13.2. The van der Waals surface area contributed by atoms with Crippen LogP contribution in [0.1, 0.15) is 25.0 Å². The molecule has 0 spiro atoms. The molecular formula is C18H22N4O6. The van der Waals surface area contributed by atoms with E-state index < -0.39 is 48.5 Å². The van der Waals surface area contributed by atoms with Gasteiger partial charge in [0, 0.05) is 6.54 Å². The highest BCUT2D eigenvalue weighted by Gasteiger charge is 2.49. The van der Waals surface area contributed by atoms with Crippen molar-refractivity contribution in [3.8, 4) is 0 Å². The lowest BCUT2D eigenvalue weighted by Gasteiger charge is -2.22. The third-order valence-electron chi connectivity index (χ3n) is 4.15. The van der Waals surface area contributed by atoms with E-state index in [0.717, 1.165) is 10.5 Å². The van der Waals surface area contributed by atoms with E-state index in [1.807, 2.05) is 24.4 Å². The SMILES string of the molecule is CCNC(=O)NC(=O)COC(=O)CN1C(=O)N[C@@](C)(c2ccc(C)cc2)C1=O. The number of aryl methyl sites for hydroxylation is 1. The van der Waals surface area contributed by atoms with Crippen LogP contribution in [0.5, 0.6) is 0 Å². The number of nitrogens with one attached hydrogen (secondary N) is 3. The molecule has 1 heterocycles. The molecule has 1 atom stereocenters. The van der Waals surface area contributed by atoms with Gasteiger partial charge in [-0.25, -0.2) is 9.59 Å². The summed E-state index contributed by atoms with van der Waals surface area (Å²) in [5.74, 6) is -2.39. The van der Waals surface area contributed by atoms with E-state index in [2.05, 4.69) is 10.6 Å². The third kappa shape index (κ3) is 4.64. The van der Waals surface area contributed by atoms with Crippen LogP contribution in [-0.4, -0.2) is 54.4 Å². The number of esters is 1. The van der Waals surface area contributed by atoms with E-state index >= 15 is 0 Å². The monoisotopic (exact) mass is 390 g/mol. The van der Waals surface area contributed by atoms with E-state index in [1.54, 1.807) is 26.0 Å². The Morgan fingerprint density at radius 1 is 1.18 bits per heavy atom. The number of carbonyl (C=O) groups excluding carboxylic acids is 5. The zero-order valence-electron chi connectivity index (χ0n) is 15.8. The second-order valence-corrected chi connectivity index (χ2v) is 6.38. The lowest BCUT2D eigenvalue weighted by molar-refractivity contribution is -0.150. The summed E-state index contributed by atoms with van der Waals surface area (Å²) in [7, 11) is 0. The van der Waals surface area contributed by atoms with Gasteiger partial charge in [0.1, 0.15) is 12.1 Å². The number of amides is 6. The highest BCUT2D eigenvalue weighted by atomic mass is 16.5. The van der Waals surface area contributed by atoms with Gasteiger partial charge in [0.15, 0.2) is 6.61 Å². The lowest BCUT2D eigenvalue weighted by atomic mass is 9.91. The van der Waals surface area contributed by atoms with Crippen molar-refractivity contribution in [1.82, 2.24) is 20.9 Å². The minimum Gasteiger partial charge on any atom is -0.454 e. The molecule has 0 aromatic heterocycles. The molecule has 1 aliphatic heterocycles. The topological polar surface area (TPSA) is 134 Å². The summed E-state index contributed by atoms with van der Waals surface area (Å²) < 4.78 is 4.73. The summed E-state index contributed by atoms with van der Waals surface area (Å²) in [4.78, 5) is 60.3. The predicted molar refractivity (Wildman–Crippen MR) is 97.0 cm³/mol. The fraction of sp³-hybridized carbons (Fsp3) is 0.389. The van der Waals surface area contributed by atoms with E-state index in [9.17, 15) is 24.0 Å². The Balaban J connectivity index is 1.95. The highest BCUT2D eigenvalue weighted by Crippen LogP contribution is 2.28. The fourth-order valence-corrected chi connectivity index (χ4v) is 2.61. The molecule has 10 nitrogen and oxygen atoms in total. The van der Waals surface area contributed by atoms with Crippen molar-refractivity contribution in [3.05, 3.63) is 35.4 Å². The Hall–Kier alpha value is -3.43. The van der Waals surface area contributed by atoms with Crippen LogP contribution < -0.4 is 16.0 Å². The van der Waals surface area contributed by atoms with Crippen molar-refractivity contribution >= 4 is 29.8 Å². The number of benzene rings is 1. The number of hydrogen-bond donors (Lipinski definition) is 3. The molecule has 150 valence electrons. The molecule has 1 aromatic carbocycles. The van der Waals surface area contributed by atoms with Gasteiger partial charge in [0.2, 0.25) is 0 Å². The van der Waals surface area contributed by atoms with Crippen LogP contribution in [0.25, 0.3) is 0 Å². The molecule has 6 amide bonds. The Kier molecular flexibility index (Phi) is 6.34. The average molecular weight is 390 g/mol. The van der Waals surface area contributed by atoms with Gasteiger partial charge in [-0.1, -0.05) is 29.8 Å². The summed E-state index contributed by atoms with van der Waals surface area (Å²) >= 11 is 0. The van der Waals surface area contributed by atoms with Crippen LogP contribution in [0, 0.1) is 6.92 Å². The van der Waals surface area contributed by atoms with Crippen molar-refractivity contribution in [2.24, 2.45) is 0 Å². The molecule has 28 heavy (non-hydrogen) atoms. The second kappa shape index (κ2) is 8.51. The van der Waals surface area contributed by atoms with Crippen molar-refractivity contribution < 1.29 is 28.7 Å². The highest BCUT2D eigenvalue weighted by molar-refractivity contribution is 6.09. The van der Waals surface area contributed by atoms with E-state index in [0.29, 0.717) is 12.1 Å². The smallest absolute Gasteiger partial charge is 0.326 e. The number of urea groups is 2. The standard InChI is InChI=1S/C18H22N4O6/c1-4-19-16(26)20-13(23)10-28-14(24)9-22-15(25)18(3,21-17(22)27)12-7-5-11(2)6-8-12/h5-8H,4,9-10H2,1-3H3,(H,21,27)(H2,19,20,23,26)/t18-/m0/s1. The number of carbonyl (C=O) groups is 5. The van der Waals surface area contributed by atoms with Gasteiger partial charge >= 0.3 is 18.0 Å². The molecule has 0 radical (unpaired) electrons. The number of imide groups is 2. The maximum Gasteiger partial charge on any atom is 0.326 e. The first-order valence-corrected chi connectivity index (χ1v) is 8.62. The van der Waals surface area contributed by atoms with Crippen molar-refractivity contribution in [2.75, 3.05) is 19.7 Å². The maximum absolute atomic E-state index is 12.7. The normalized spacial score (nSPS) is 18.5. The Labute approximate surface area is 161 Å². The van der Waals surface area contributed by atoms with E-state index in [4.69, 9.17) is 4.74 Å². The summed E-state index contributed by atoms with van der Waals surface area (Å²) in [6.45, 7) is 4.07. The Morgan fingerprint density at radius 2 is 1.82 bits per heavy atom. The van der Waals surface area contributed by atoms with Gasteiger partial charge in [-0.2, -0.15) is 0 Å². The largest absolute Gasteiger partial charge is 0.454 e. The molecule has 0 saturated carbocycles. The van der Waals surface area contributed by atoms with Crippen molar-refractivity contribution in [3.63, 3.8) is 0 Å². The Morgan fingerprint density at radius 3 is 2.43 bits per heavy atom. The Bertz CT molecular complexity index is 807. The molecule has 0 aliphatic carbocycles. The summed E-state index contributed by atoms with van der Waals surface area (Å²) in [5, 5.41) is 6.88. The maximum atomic E-state index is 12.7. The molecule has 1 fully saturated rings. The number of nitrogens with zero attached hydrogens (tertiary/aromatic N) is 1. The molecule has 1 aromatic rings. The van der Waals surface area contributed by atoms with Gasteiger partial charge in [-0.15, -0.1) is 0 Å². The summed E-state index contributed by atoms with van der Waals surface area (Å²) in [6, 6.07) is 5.61. The van der Waals surface area contributed by atoms with E-state index in [-0.39, 0.29) is 0 Å². The number of rotatable bonds is 6. The summed E-state index contributed by atoms with van der Waals surface area (Å²) in [5.41, 5.74) is 0.268. The average Bonchev–Trinajstić information content (AvgIpc) is 2.84. The molecule has 2 rings (SSSR count). The molecule has 1 aliphatic rings. The minimum absolute atomic E-state index is 0.324. The second-order valence-electron chi connectivity index (χ2n) is 6.38. The molecule has 1 saturated heterocycles. The van der Waals surface area contributed by atoms with Gasteiger partial charge in [-0.3, -0.25) is 24.6 Å². The first-order valence-electron chi connectivity index (χ1n) is 8.62. The van der Waals surface area contributed by atoms with E-state index in [1.165, 1.54) is 0 Å². The van der Waals surface area contributed by atoms with Crippen LogP contribution in [-0.2, 0) is 24.7 Å². The molecule has 0 unspecified atom stereocenters. The van der Waals surface area contributed by atoms with Crippen LogP contribution in [0.4, 0.5) is 9.59 Å². The van der Waals surface area contributed by atoms with Gasteiger partial charge < -0.3 is 15.4 Å². The van der Waals surface area contributed by atoms with Crippen LogP contribution >= 0.6 is 0 Å².